The van der Waals surface area contributed by atoms with Crippen LogP contribution in [0.3, 0.4) is 0 Å². The second kappa shape index (κ2) is 10.7. The predicted octanol–water partition coefficient (Wildman–Crippen LogP) is 6.03. The summed E-state index contributed by atoms with van der Waals surface area (Å²) in [5, 5.41) is 7.26. The normalized spacial score (nSPS) is 14.5. The standard InChI is InChI=1S/C28H29N3O2/c1-20(21-16-18-26(19-17-21)29-27(32)24-10-6-3-7-11-24)30-31-28(33)25-14-12-23(13-15-25)22-8-4-2-5-9-22/h2,4-5,8-9,12-19,24H,3,6-7,10-11H2,1H3,(H,29,32)(H,31,33)/b30-20-. The molecule has 168 valence electrons. The van der Waals surface area contributed by atoms with E-state index >= 15 is 0 Å². The topological polar surface area (TPSA) is 70.6 Å². The smallest absolute Gasteiger partial charge is 0.271 e. The Labute approximate surface area is 194 Å². The van der Waals surface area contributed by atoms with Gasteiger partial charge in [-0.2, -0.15) is 5.10 Å². The molecule has 33 heavy (non-hydrogen) atoms. The molecule has 0 heterocycles. The van der Waals surface area contributed by atoms with E-state index in [0.717, 1.165) is 48.1 Å². The first-order valence-corrected chi connectivity index (χ1v) is 11.5. The number of nitrogens with one attached hydrogen (secondary N) is 2. The molecule has 0 aliphatic heterocycles. The van der Waals surface area contributed by atoms with Crippen molar-refractivity contribution in [2.45, 2.75) is 39.0 Å². The molecular weight excluding hydrogens is 410 g/mol. The highest BCUT2D eigenvalue weighted by atomic mass is 16.2. The van der Waals surface area contributed by atoms with Crippen molar-refractivity contribution in [3.8, 4) is 11.1 Å². The van der Waals surface area contributed by atoms with Gasteiger partial charge in [-0.15, -0.1) is 0 Å². The molecule has 5 nitrogen and oxygen atoms in total. The maximum atomic E-state index is 12.5. The summed E-state index contributed by atoms with van der Waals surface area (Å²) in [5.74, 6) is -0.0255. The third-order valence-electron chi connectivity index (χ3n) is 6.13. The Bertz CT molecular complexity index is 1110. The number of hydrazone groups is 1. The van der Waals surface area contributed by atoms with Crippen LogP contribution in [0.15, 0.2) is 84.0 Å². The van der Waals surface area contributed by atoms with Gasteiger partial charge in [-0.3, -0.25) is 9.59 Å². The summed E-state index contributed by atoms with van der Waals surface area (Å²) in [5.41, 5.74) is 7.69. The molecule has 3 aromatic rings. The van der Waals surface area contributed by atoms with Gasteiger partial charge in [0.15, 0.2) is 0 Å². The second-order valence-corrected chi connectivity index (χ2v) is 8.48. The highest BCUT2D eigenvalue weighted by molar-refractivity contribution is 6.01. The van der Waals surface area contributed by atoms with Crippen molar-refractivity contribution in [3.05, 3.63) is 90.0 Å². The van der Waals surface area contributed by atoms with Crippen molar-refractivity contribution in [1.82, 2.24) is 5.43 Å². The van der Waals surface area contributed by atoms with E-state index in [1.807, 2.05) is 73.7 Å². The maximum absolute atomic E-state index is 12.5. The SMILES string of the molecule is C/C(=N/NC(=O)c1ccc(-c2ccccc2)cc1)c1ccc(NC(=O)C2CCCCC2)cc1. The van der Waals surface area contributed by atoms with Crippen molar-refractivity contribution in [3.63, 3.8) is 0 Å². The third kappa shape index (κ3) is 5.95. The first kappa shape index (κ1) is 22.5. The Morgan fingerprint density at radius 3 is 2.03 bits per heavy atom. The van der Waals surface area contributed by atoms with Gasteiger partial charge in [0.25, 0.3) is 5.91 Å². The molecule has 0 radical (unpaired) electrons. The van der Waals surface area contributed by atoms with E-state index in [0.29, 0.717) is 11.3 Å². The fourth-order valence-corrected chi connectivity index (χ4v) is 4.11. The highest BCUT2D eigenvalue weighted by Crippen LogP contribution is 2.25. The van der Waals surface area contributed by atoms with E-state index in [1.54, 1.807) is 12.1 Å². The number of anilines is 1. The number of hydrogen-bond donors (Lipinski definition) is 2. The van der Waals surface area contributed by atoms with Gasteiger partial charge in [-0.25, -0.2) is 5.43 Å². The monoisotopic (exact) mass is 439 g/mol. The van der Waals surface area contributed by atoms with E-state index < -0.39 is 0 Å². The van der Waals surface area contributed by atoms with Crippen molar-refractivity contribution in [2.75, 3.05) is 5.32 Å². The molecular formula is C28H29N3O2. The van der Waals surface area contributed by atoms with Gasteiger partial charge in [-0.1, -0.05) is 73.9 Å². The van der Waals surface area contributed by atoms with E-state index in [1.165, 1.54) is 6.42 Å². The number of rotatable bonds is 6. The maximum Gasteiger partial charge on any atom is 0.271 e. The average molecular weight is 440 g/mol. The van der Waals surface area contributed by atoms with Crippen LogP contribution < -0.4 is 10.7 Å². The molecule has 0 atom stereocenters. The van der Waals surface area contributed by atoms with Gasteiger partial charge in [0.05, 0.1) is 5.71 Å². The lowest BCUT2D eigenvalue weighted by molar-refractivity contribution is -0.120. The van der Waals surface area contributed by atoms with Crippen LogP contribution in [0.25, 0.3) is 11.1 Å². The molecule has 5 heteroatoms. The zero-order valence-electron chi connectivity index (χ0n) is 18.9. The predicted molar refractivity (Wildman–Crippen MR) is 133 cm³/mol. The van der Waals surface area contributed by atoms with Gasteiger partial charge < -0.3 is 5.32 Å². The van der Waals surface area contributed by atoms with Crippen LogP contribution in [0.1, 0.15) is 54.9 Å². The zero-order chi connectivity index (χ0) is 23.0. The van der Waals surface area contributed by atoms with Crippen LogP contribution in [0.5, 0.6) is 0 Å². The molecule has 1 aliphatic carbocycles. The number of amides is 2. The lowest BCUT2D eigenvalue weighted by atomic mass is 9.88. The summed E-state index contributed by atoms with van der Waals surface area (Å²) < 4.78 is 0. The summed E-state index contributed by atoms with van der Waals surface area (Å²) in [4.78, 5) is 24.9. The van der Waals surface area contributed by atoms with Crippen LogP contribution >= 0.6 is 0 Å². The van der Waals surface area contributed by atoms with Crippen LogP contribution in [-0.4, -0.2) is 17.5 Å². The number of hydrogen-bond acceptors (Lipinski definition) is 3. The summed E-state index contributed by atoms with van der Waals surface area (Å²) >= 11 is 0. The molecule has 1 aliphatic rings. The molecule has 0 saturated heterocycles. The van der Waals surface area contributed by atoms with Gasteiger partial charge in [0.1, 0.15) is 0 Å². The summed E-state index contributed by atoms with van der Waals surface area (Å²) in [6, 6.07) is 25.0. The van der Waals surface area contributed by atoms with E-state index in [9.17, 15) is 9.59 Å². The molecule has 2 amide bonds. The number of carbonyl (C=O) groups excluding carboxylic acids is 2. The lowest BCUT2D eigenvalue weighted by Gasteiger charge is -2.20. The quantitative estimate of drug-likeness (QED) is 0.364. The Kier molecular flexibility index (Phi) is 7.30. The minimum absolute atomic E-state index is 0.110. The van der Waals surface area contributed by atoms with Crippen molar-refractivity contribution in [2.24, 2.45) is 11.0 Å². The fraction of sp³-hybridized carbons (Fsp3) is 0.250. The molecule has 2 N–H and O–H groups in total. The first-order chi connectivity index (χ1) is 16.1. The molecule has 3 aromatic carbocycles. The Morgan fingerprint density at radius 2 is 1.36 bits per heavy atom. The first-order valence-electron chi connectivity index (χ1n) is 11.5. The van der Waals surface area contributed by atoms with Gasteiger partial charge >= 0.3 is 0 Å². The molecule has 4 rings (SSSR count). The van der Waals surface area contributed by atoms with Crippen LogP contribution in [0.4, 0.5) is 5.69 Å². The van der Waals surface area contributed by atoms with Crippen LogP contribution in [-0.2, 0) is 4.79 Å². The van der Waals surface area contributed by atoms with E-state index in [4.69, 9.17) is 0 Å². The molecule has 1 saturated carbocycles. The van der Waals surface area contributed by atoms with E-state index in [2.05, 4.69) is 15.8 Å². The molecule has 0 unspecified atom stereocenters. The molecule has 0 aromatic heterocycles. The average Bonchev–Trinajstić information content (AvgIpc) is 2.88. The summed E-state index contributed by atoms with van der Waals surface area (Å²) in [6.45, 7) is 1.84. The van der Waals surface area contributed by atoms with Gasteiger partial charge in [0, 0.05) is 17.2 Å². The van der Waals surface area contributed by atoms with Gasteiger partial charge in [0.2, 0.25) is 5.91 Å². The molecule has 1 fully saturated rings. The third-order valence-corrected chi connectivity index (χ3v) is 6.13. The largest absolute Gasteiger partial charge is 0.326 e. The van der Waals surface area contributed by atoms with E-state index in [-0.39, 0.29) is 17.7 Å². The molecule has 0 bridgehead atoms. The van der Waals surface area contributed by atoms with Crippen molar-refractivity contribution >= 4 is 23.2 Å². The lowest BCUT2D eigenvalue weighted by Crippen LogP contribution is -2.24. The van der Waals surface area contributed by atoms with Crippen LogP contribution in [0, 0.1) is 5.92 Å². The number of nitrogens with zero attached hydrogens (tertiary/aromatic N) is 1. The minimum atomic E-state index is -0.259. The second-order valence-electron chi connectivity index (χ2n) is 8.48. The van der Waals surface area contributed by atoms with Crippen molar-refractivity contribution < 1.29 is 9.59 Å². The van der Waals surface area contributed by atoms with Crippen molar-refractivity contribution in [1.29, 1.82) is 0 Å². The Morgan fingerprint density at radius 1 is 0.758 bits per heavy atom. The highest BCUT2D eigenvalue weighted by Gasteiger charge is 2.21. The van der Waals surface area contributed by atoms with Crippen LogP contribution in [0.2, 0.25) is 0 Å². The zero-order valence-corrected chi connectivity index (χ0v) is 18.9. The van der Waals surface area contributed by atoms with Gasteiger partial charge in [-0.05, 0) is 60.7 Å². The molecule has 0 spiro atoms. The number of benzene rings is 3. The number of carbonyl (C=O) groups is 2. The Balaban J connectivity index is 1.33. The Hall–Kier alpha value is -3.73. The minimum Gasteiger partial charge on any atom is -0.326 e. The summed E-state index contributed by atoms with van der Waals surface area (Å²) in [6.07, 6.45) is 5.45. The fourth-order valence-electron chi connectivity index (χ4n) is 4.11. The summed E-state index contributed by atoms with van der Waals surface area (Å²) in [7, 11) is 0.